The fraction of sp³-hybridized carbons (Fsp3) is 0.455. The van der Waals surface area contributed by atoms with Gasteiger partial charge in [0.05, 0.1) is 6.04 Å². The number of carboxylic acid groups (broad SMARTS) is 2. The first-order valence-corrected chi connectivity index (χ1v) is 11.8. The lowest BCUT2D eigenvalue weighted by atomic mass is 10.0. The van der Waals surface area contributed by atoms with Crippen molar-refractivity contribution in [2.75, 3.05) is 5.75 Å². The van der Waals surface area contributed by atoms with Gasteiger partial charge in [0.1, 0.15) is 23.9 Å². The van der Waals surface area contributed by atoms with E-state index >= 15 is 0 Å². The molecular formula is C22H31N5O9S. The molecule has 0 aliphatic heterocycles. The van der Waals surface area contributed by atoms with Crippen molar-refractivity contribution in [2.45, 2.75) is 56.3 Å². The van der Waals surface area contributed by atoms with E-state index in [1.165, 1.54) is 24.3 Å². The number of carboxylic acids is 2. The van der Waals surface area contributed by atoms with E-state index in [2.05, 4.69) is 28.6 Å². The molecule has 0 saturated carbocycles. The summed E-state index contributed by atoms with van der Waals surface area (Å²) in [5, 5.41) is 34.7. The quantitative estimate of drug-likeness (QED) is 0.103. The minimum atomic E-state index is -1.55. The van der Waals surface area contributed by atoms with Crippen molar-refractivity contribution < 1.29 is 44.1 Å². The molecule has 4 amide bonds. The molecule has 4 unspecified atom stereocenters. The van der Waals surface area contributed by atoms with Crippen molar-refractivity contribution >= 4 is 48.2 Å². The molecule has 15 heteroatoms. The number of thiol groups is 1. The zero-order valence-corrected chi connectivity index (χ0v) is 20.6. The maximum atomic E-state index is 13.0. The van der Waals surface area contributed by atoms with Crippen LogP contribution in [-0.2, 0) is 35.2 Å². The monoisotopic (exact) mass is 541 g/mol. The molecule has 1 rings (SSSR count). The molecule has 0 bridgehead atoms. The van der Waals surface area contributed by atoms with Crippen molar-refractivity contribution in [1.29, 1.82) is 0 Å². The Labute approximate surface area is 217 Å². The third kappa shape index (κ3) is 11.6. The maximum absolute atomic E-state index is 13.0. The lowest BCUT2D eigenvalue weighted by Crippen LogP contribution is -2.58. The van der Waals surface area contributed by atoms with Crippen molar-refractivity contribution in [2.24, 2.45) is 11.5 Å². The normalized spacial score (nSPS) is 13.9. The highest BCUT2D eigenvalue weighted by atomic mass is 32.1. The van der Waals surface area contributed by atoms with Gasteiger partial charge in [-0.3, -0.25) is 24.0 Å². The minimum Gasteiger partial charge on any atom is -0.508 e. The number of phenolic OH excluding ortho intramolecular Hbond substituents is 1. The molecule has 14 nitrogen and oxygen atoms in total. The number of primary amides is 1. The number of amides is 4. The topological polar surface area (TPSA) is 251 Å². The molecule has 0 aromatic heterocycles. The summed E-state index contributed by atoms with van der Waals surface area (Å²) < 4.78 is 0. The zero-order valence-electron chi connectivity index (χ0n) is 19.8. The Hall–Kier alpha value is -3.85. The molecule has 0 saturated heterocycles. The Bertz CT molecular complexity index is 989. The SMILES string of the molecule is NC(=O)CCC(NC(=O)C(N)CS)C(=O)NC(Cc1ccc(O)cc1)C(=O)NC(CCC(=O)O)C(=O)O. The van der Waals surface area contributed by atoms with Crippen molar-refractivity contribution in [3.8, 4) is 5.75 Å². The van der Waals surface area contributed by atoms with E-state index in [1.54, 1.807) is 0 Å². The summed E-state index contributed by atoms with van der Waals surface area (Å²) in [5.41, 5.74) is 11.3. The number of hydrogen-bond donors (Lipinski definition) is 9. The largest absolute Gasteiger partial charge is 0.508 e. The van der Waals surface area contributed by atoms with Crippen LogP contribution in [0, 0.1) is 0 Å². The van der Waals surface area contributed by atoms with Crippen LogP contribution in [0.2, 0.25) is 0 Å². The summed E-state index contributed by atoms with van der Waals surface area (Å²) in [6.07, 6.45) is -1.58. The molecular weight excluding hydrogens is 510 g/mol. The second kappa shape index (κ2) is 15.3. The molecule has 37 heavy (non-hydrogen) atoms. The van der Waals surface area contributed by atoms with Crippen molar-refractivity contribution in [1.82, 2.24) is 16.0 Å². The molecule has 1 aromatic carbocycles. The Morgan fingerprint density at radius 3 is 1.84 bits per heavy atom. The fourth-order valence-corrected chi connectivity index (χ4v) is 3.23. The van der Waals surface area contributed by atoms with Crippen LogP contribution in [0.3, 0.4) is 0 Å². The highest BCUT2D eigenvalue weighted by Gasteiger charge is 2.30. The number of nitrogens with one attached hydrogen (secondary N) is 3. The number of rotatable bonds is 16. The van der Waals surface area contributed by atoms with Crippen LogP contribution >= 0.6 is 12.6 Å². The summed E-state index contributed by atoms with van der Waals surface area (Å²) in [4.78, 5) is 71.9. The van der Waals surface area contributed by atoms with Gasteiger partial charge in [-0.2, -0.15) is 12.6 Å². The van der Waals surface area contributed by atoms with E-state index in [9.17, 15) is 39.0 Å². The number of benzene rings is 1. The van der Waals surface area contributed by atoms with Gasteiger partial charge in [0.15, 0.2) is 0 Å². The Morgan fingerprint density at radius 2 is 1.32 bits per heavy atom. The van der Waals surface area contributed by atoms with Gasteiger partial charge < -0.3 is 42.7 Å². The van der Waals surface area contributed by atoms with Crippen LogP contribution in [0.4, 0.5) is 0 Å². The van der Waals surface area contributed by atoms with Crippen LogP contribution in [0.15, 0.2) is 24.3 Å². The lowest BCUT2D eigenvalue weighted by Gasteiger charge is -2.25. The van der Waals surface area contributed by atoms with Crippen molar-refractivity contribution in [3.05, 3.63) is 29.8 Å². The molecule has 0 aliphatic carbocycles. The van der Waals surface area contributed by atoms with Crippen molar-refractivity contribution in [3.63, 3.8) is 0 Å². The summed E-state index contributed by atoms with van der Waals surface area (Å²) in [6.45, 7) is 0. The van der Waals surface area contributed by atoms with E-state index in [1.807, 2.05) is 0 Å². The summed E-state index contributed by atoms with van der Waals surface area (Å²) in [6, 6.07) is 0.313. The van der Waals surface area contributed by atoms with Crippen LogP contribution in [-0.4, -0.2) is 80.8 Å². The lowest BCUT2D eigenvalue weighted by molar-refractivity contribution is -0.143. The van der Waals surface area contributed by atoms with Gasteiger partial charge in [-0.15, -0.1) is 0 Å². The van der Waals surface area contributed by atoms with Gasteiger partial charge in [0, 0.05) is 25.0 Å². The number of phenols is 1. The van der Waals surface area contributed by atoms with E-state index < -0.39 is 72.6 Å². The zero-order chi connectivity index (χ0) is 28.1. The van der Waals surface area contributed by atoms with Crippen LogP contribution in [0.1, 0.15) is 31.2 Å². The number of aliphatic carboxylic acids is 2. The van der Waals surface area contributed by atoms with E-state index in [0.29, 0.717) is 5.56 Å². The van der Waals surface area contributed by atoms with Gasteiger partial charge in [-0.25, -0.2) is 4.79 Å². The standard InChI is InChI=1S/C22H31N5O9S/c23-13(10-37)19(32)25-14(5-7-17(24)29)20(33)27-16(9-11-1-3-12(28)4-2-11)21(34)26-15(22(35)36)6-8-18(30)31/h1-4,13-16,28,37H,5-10,23H2,(H2,24,29)(H,25,32)(H,26,34)(H,27,33)(H,30,31)(H,35,36). The van der Waals surface area contributed by atoms with Gasteiger partial charge in [-0.05, 0) is 30.5 Å². The van der Waals surface area contributed by atoms with Gasteiger partial charge in [0.2, 0.25) is 23.6 Å². The predicted molar refractivity (Wildman–Crippen MR) is 132 cm³/mol. The fourth-order valence-electron chi connectivity index (χ4n) is 3.06. The van der Waals surface area contributed by atoms with Gasteiger partial charge >= 0.3 is 11.9 Å². The van der Waals surface area contributed by atoms with E-state index in [-0.39, 0.29) is 30.8 Å². The molecule has 1 aromatic rings. The number of nitrogens with two attached hydrogens (primary N) is 2. The minimum absolute atomic E-state index is 0.0329. The average molecular weight is 542 g/mol. The second-order valence-electron chi connectivity index (χ2n) is 8.12. The molecule has 0 fully saturated rings. The van der Waals surface area contributed by atoms with Crippen LogP contribution in [0.25, 0.3) is 0 Å². The Kier molecular flexibility index (Phi) is 12.9. The summed E-state index contributed by atoms with van der Waals surface area (Å²) in [7, 11) is 0. The second-order valence-corrected chi connectivity index (χ2v) is 8.48. The molecule has 0 aliphatic rings. The number of carbonyl (C=O) groups is 6. The Balaban J connectivity index is 3.17. The van der Waals surface area contributed by atoms with Crippen LogP contribution < -0.4 is 27.4 Å². The first-order chi connectivity index (χ1) is 17.3. The third-order valence-electron chi connectivity index (χ3n) is 5.12. The number of aromatic hydroxyl groups is 1. The highest BCUT2D eigenvalue weighted by molar-refractivity contribution is 7.80. The summed E-state index contributed by atoms with van der Waals surface area (Å²) in [5.74, 6) is -6.12. The summed E-state index contributed by atoms with van der Waals surface area (Å²) >= 11 is 3.92. The first-order valence-electron chi connectivity index (χ1n) is 11.1. The smallest absolute Gasteiger partial charge is 0.326 e. The molecule has 10 N–H and O–H groups in total. The molecule has 0 radical (unpaired) electrons. The first kappa shape index (κ1) is 31.2. The molecule has 4 atom stereocenters. The molecule has 0 heterocycles. The number of hydrogen-bond acceptors (Lipinski definition) is 9. The van der Waals surface area contributed by atoms with Crippen LogP contribution in [0.5, 0.6) is 5.75 Å². The van der Waals surface area contributed by atoms with Gasteiger partial charge in [-0.1, -0.05) is 12.1 Å². The molecule has 204 valence electrons. The van der Waals surface area contributed by atoms with Gasteiger partial charge in [0.25, 0.3) is 0 Å². The van der Waals surface area contributed by atoms with E-state index in [4.69, 9.17) is 16.6 Å². The highest BCUT2D eigenvalue weighted by Crippen LogP contribution is 2.12. The molecule has 0 spiro atoms. The maximum Gasteiger partial charge on any atom is 0.326 e. The average Bonchev–Trinajstić information content (AvgIpc) is 2.83. The Morgan fingerprint density at radius 1 is 0.811 bits per heavy atom. The predicted octanol–water partition coefficient (Wildman–Crippen LogP) is -2.14. The number of carbonyl (C=O) groups excluding carboxylic acids is 4. The third-order valence-corrected chi connectivity index (χ3v) is 5.51. The van der Waals surface area contributed by atoms with E-state index in [0.717, 1.165) is 0 Å².